The zero-order valence-corrected chi connectivity index (χ0v) is 17.0. The summed E-state index contributed by atoms with van der Waals surface area (Å²) in [5, 5.41) is 14.1. The molecule has 1 fully saturated rings. The van der Waals surface area contributed by atoms with Crippen LogP contribution < -0.4 is 10.1 Å². The number of benzene rings is 3. The zero-order valence-electron chi connectivity index (χ0n) is 16.2. The summed E-state index contributed by atoms with van der Waals surface area (Å²) in [5.74, 6) is 1.76. The summed E-state index contributed by atoms with van der Waals surface area (Å²) in [6.07, 6.45) is 7.10. The average Bonchev–Trinajstić information content (AvgIpc) is 3.12. The predicted octanol–water partition coefficient (Wildman–Crippen LogP) is 4.44. The van der Waals surface area contributed by atoms with Crippen LogP contribution in [-0.4, -0.2) is 28.8 Å². The van der Waals surface area contributed by atoms with Crippen molar-refractivity contribution in [2.45, 2.75) is 0 Å². The van der Waals surface area contributed by atoms with Gasteiger partial charge in [0.15, 0.2) is 5.17 Å². The molecule has 2 N–H and O–H groups in total. The first-order chi connectivity index (χ1) is 15.0. The van der Waals surface area contributed by atoms with Crippen molar-refractivity contribution >= 4 is 51.3 Å². The van der Waals surface area contributed by atoms with E-state index < -0.39 is 5.97 Å². The summed E-state index contributed by atoms with van der Waals surface area (Å²) < 4.78 is 5.69. The fourth-order valence-corrected chi connectivity index (χ4v) is 3.90. The standard InChI is InChI=1S/C24H16N2O4S/c1-2-13-30-20-12-9-15-5-3-4-6-18(15)19(20)14-21-22(27)26-24(31-21)25-17-10-7-16(8-11-17)23(28)29/h1,3-12,14H,13H2,(H,28,29)(H,25,26,27). The number of nitrogens with zero attached hydrogens (tertiary/aromatic N) is 1. The molecule has 0 saturated carbocycles. The molecule has 3 aromatic rings. The van der Waals surface area contributed by atoms with E-state index in [0.29, 0.717) is 21.5 Å². The van der Waals surface area contributed by atoms with Crippen LogP contribution in [0.15, 0.2) is 70.6 Å². The molecule has 0 aliphatic carbocycles. The number of carbonyl (C=O) groups excluding carboxylic acids is 1. The molecule has 0 bridgehead atoms. The number of carboxylic acid groups (broad SMARTS) is 1. The Bertz CT molecular complexity index is 1290. The van der Waals surface area contributed by atoms with Crippen LogP contribution in [0.5, 0.6) is 5.75 Å². The van der Waals surface area contributed by atoms with Crippen molar-refractivity contribution in [3.05, 3.63) is 76.7 Å². The first-order valence-electron chi connectivity index (χ1n) is 9.26. The quantitative estimate of drug-likeness (QED) is 0.463. The number of carboxylic acids is 1. The molecule has 0 spiro atoms. The Hall–Kier alpha value is -4.02. The Labute approximate surface area is 182 Å². The second kappa shape index (κ2) is 8.78. The van der Waals surface area contributed by atoms with Gasteiger partial charge in [0.25, 0.3) is 5.91 Å². The van der Waals surface area contributed by atoms with Gasteiger partial charge < -0.3 is 15.2 Å². The molecule has 1 saturated heterocycles. The van der Waals surface area contributed by atoms with E-state index in [9.17, 15) is 9.59 Å². The van der Waals surface area contributed by atoms with Crippen molar-refractivity contribution in [2.75, 3.05) is 6.61 Å². The Morgan fingerprint density at radius 1 is 1.16 bits per heavy atom. The molecule has 1 heterocycles. The molecule has 6 nitrogen and oxygen atoms in total. The number of hydrogen-bond donors (Lipinski definition) is 2. The fourth-order valence-electron chi connectivity index (χ4n) is 3.08. The maximum Gasteiger partial charge on any atom is 0.335 e. The van der Waals surface area contributed by atoms with Gasteiger partial charge in [-0.3, -0.25) is 4.79 Å². The second-order valence-corrected chi connectivity index (χ2v) is 7.56. The lowest BCUT2D eigenvalue weighted by Gasteiger charge is -2.10. The van der Waals surface area contributed by atoms with Crippen LogP contribution >= 0.6 is 11.8 Å². The number of amides is 1. The minimum Gasteiger partial charge on any atom is -0.480 e. The molecule has 3 aromatic carbocycles. The van der Waals surface area contributed by atoms with Crippen LogP contribution in [0.3, 0.4) is 0 Å². The molecule has 0 radical (unpaired) electrons. The van der Waals surface area contributed by atoms with E-state index in [1.54, 1.807) is 18.2 Å². The number of amidine groups is 1. The van der Waals surface area contributed by atoms with Gasteiger partial charge in [-0.05, 0) is 58.9 Å². The molecule has 31 heavy (non-hydrogen) atoms. The third-order valence-electron chi connectivity index (χ3n) is 4.51. The monoisotopic (exact) mass is 428 g/mol. The minimum absolute atomic E-state index is 0.118. The molecule has 1 aliphatic rings. The number of rotatable bonds is 5. The van der Waals surface area contributed by atoms with Gasteiger partial charge in [0.05, 0.1) is 16.2 Å². The number of aliphatic imine (C=N–C) groups is 1. The smallest absolute Gasteiger partial charge is 0.335 e. The normalized spacial score (nSPS) is 15.8. The number of nitrogens with one attached hydrogen (secondary N) is 1. The number of terminal acetylenes is 1. The molecule has 0 aromatic heterocycles. The lowest BCUT2D eigenvalue weighted by atomic mass is 10.0. The van der Waals surface area contributed by atoms with Gasteiger partial charge >= 0.3 is 5.97 Å². The average molecular weight is 428 g/mol. The number of aromatic carboxylic acids is 1. The summed E-state index contributed by atoms with van der Waals surface area (Å²) in [5.41, 5.74) is 1.47. The lowest BCUT2D eigenvalue weighted by Crippen LogP contribution is -2.19. The summed E-state index contributed by atoms with van der Waals surface area (Å²) in [6.45, 7) is 0.118. The Balaban J connectivity index is 1.68. The highest BCUT2D eigenvalue weighted by molar-refractivity contribution is 8.18. The molecular weight excluding hydrogens is 412 g/mol. The van der Waals surface area contributed by atoms with E-state index in [1.165, 1.54) is 23.9 Å². The Morgan fingerprint density at radius 2 is 1.94 bits per heavy atom. The third-order valence-corrected chi connectivity index (χ3v) is 5.42. The number of hydrogen-bond acceptors (Lipinski definition) is 5. The van der Waals surface area contributed by atoms with E-state index in [-0.39, 0.29) is 18.1 Å². The molecule has 152 valence electrons. The van der Waals surface area contributed by atoms with Gasteiger partial charge in [-0.2, -0.15) is 0 Å². The van der Waals surface area contributed by atoms with Crippen LogP contribution in [0, 0.1) is 12.3 Å². The summed E-state index contributed by atoms with van der Waals surface area (Å²) >= 11 is 1.20. The van der Waals surface area contributed by atoms with Gasteiger partial charge in [0, 0.05) is 5.56 Å². The number of fused-ring (bicyclic) bond motifs is 1. The topological polar surface area (TPSA) is 88.0 Å². The predicted molar refractivity (Wildman–Crippen MR) is 122 cm³/mol. The van der Waals surface area contributed by atoms with Gasteiger partial charge in [-0.25, -0.2) is 9.79 Å². The van der Waals surface area contributed by atoms with Gasteiger partial charge in [0.1, 0.15) is 12.4 Å². The van der Waals surface area contributed by atoms with Crippen LogP contribution in [0.25, 0.3) is 16.8 Å². The summed E-state index contributed by atoms with van der Waals surface area (Å²) in [4.78, 5) is 28.4. The van der Waals surface area contributed by atoms with Gasteiger partial charge in [-0.15, -0.1) is 6.42 Å². The van der Waals surface area contributed by atoms with E-state index in [1.807, 2.05) is 36.4 Å². The second-order valence-electron chi connectivity index (χ2n) is 6.53. The van der Waals surface area contributed by atoms with E-state index >= 15 is 0 Å². The largest absolute Gasteiger partial charge is 0.480 e. The van der Waals surface area contributed by atoms with E-state index in [0.717, 1.165) is 16.3 Å². The van der Waals surface area contributed by atoms with Crippen LogP contribution in [0.1, 0.15) is 15.9 Å². The van der Waals surface area contributed by atoms with Gasteiger partial charge in [-0.1, -0.05) is 36.3 Å². The Kier molecular flexibility index (Phi) is 5.74. The summed E-state index contributed by atoms with van der Waals surface area (Å²) in [7, 11) is 0. The van der Waals surface area contributed by atoms with E-state index in [4.69, 9.17) is 16.3 Å². The number of ether oxygens (including phenoxy) is 1. The molecular formula is C24H16N2O4S. The lowest BCUT2D eigenvalue weighted by molar-refractivity contribution is -0.115. The molecule has 7 heteroatoms. The number of thioether (sulfide) groups is 1. The highest BCUT2D eigenvalue weighted by atomic mass is 32.2. The highest BCUT2D eigenvalue weighted by Gasteiger charge is 2.25. The molecule has 0 atom stereocenters. The van der Waals surface area contributed by atoms with Crippen molar-refractivity contribution < 1.29 is 19.4 Å². The van der Waals surface area contributed by atoms with Crippen molar-refractivity contribution in [3.63, 3.8) is 0 Å². The fraction of sp³-hybridized carbons (Fsp3) is 0.0417. The van der Waals surface area contributed by atoms with Crippen LogP contribution in [0.2, 0.25) is 0 Å². The van der Waals surface area contributed by atoms with Gasteiger partial charge in [0.2, 0.25) is 0 Å². The SMILES string of the molecule is C#CCOc1ccc2ccccc2c1C=C1SC(=Nc2ccc(C(=O)O)cc2)NC1=O. The molecule has 4 rings (SSSR count). The van der Waals surface area contributed by atoms with Crippen molar-refractivity contribution in [1.82, 2.24) is 5.32 Å². The number of carbonyl (C=O) groups is 2. The zero-order chi connectivity index (χ0) is 21.8. The molecule has 1 amide bonds. The maximum absolute atomic E-state index is 12.6. The summed E-state index contributed by atoms with van der Waals surface area (Å²) in [6, 6.07) is 17.7. The van der Waals surface area contributed by atoms with Crippen molar-refractivity contribution in [1.29, 1.82) is 0 Å². The van der Waals surface area contributed by atoms with Crippen molar-refractivity contribution in [3.8, 4) is 18.1 Å². The Morgan fingerprint density at radius 3 is 2.68 bits per heavy atom. The third kappa shape index (κ3) is 4.44. The first kappa shape index (κ1) is 20.3. The van der Waals surface area contributed by atoms with Crippen LogP contribution in [-0.2, 0) is 4.79 Å². The molecule has 0 unspecified atom stereocenters. The first-order valence-corrected chi connectivity index (χ1v) is 10.1. The minimum atomic E-state index is -1.01. The maximum atomic E-state index is 12.6. The van der Waals surface area contributed by atoms with Crippen molar-refractivity contribution in [2.24, 2.45) is 4.99 Å². The van der Waals surface area contributed by atoms with Crippen LogP contribution in [0.4, 0.5) is 5.69 Å². The molecule has 1 aliphatic heterocycles. The van der Waals surface area contributed by atoms with E-state index in [2.05, 4.69) is 16.2 Å². The highest BCUT2D eigenvalue weighted by Crippen LogP contribution is 2.34.